The van der Waals surface area contributed by atoms with E-state index in [2.05, 4.69) is 5.32 Å². The van der Waals surface area contributed by atoms with E-state index in [1.54, 1.807) is 6.07 Å². The molecule has 1 aromatic carbocycles. The maximum atomic E-state index is 8.85. The average Bonchev–Trinajstić information content (AvgIpc) is 2.19. The summed E-state index contributed by atoms with van der Waals surface area (Å²) >= 11 is 5.96. The zero-order chi connectivity index (χ0) is 10.4. The van der Waals surface area contributed by atoms with E-state index < -0.39 is 0 Å². The molecule has 0 bridgehead atoms. The Bertz CT molecular complexity index is 291. The van der Waals surface area contributed by atoms with Crippen molar-refractivity contribution in [3.63, 3.8) is 0 Å². The van der Waals surface area contributed by atoms with Gasteiger partial charge in [0, 0.05) is 17.3 Å². The van der Waals surface area contributed by atoms with Gasteiger partial charge in [0.25, 0.3) is 0 Å². The second kappa shape index (κ2) is 5.86. The molecule has 0 aromatic heterocycles. The summed E-state index contributed by atoms with van der Waals surface area (Å²) in [4.78, 5) is 0. The molecule has 3 N–H and O–H groups in total. The van der Waals surface area contributed by atoms with Crippen LogP contribution in [0.15, 0.2) is 18.2 Å². The number of hydrogen-bond acceptors (Lipinski definition) is 3. The first-order valence-electron chi connectivity index (χ1n) is 4.37. The van der Waals surface area contributed by atoms with Gasteiger partial charge in [0.2, 0.25) is 0 Å². The van der Waals surface area contributed by atoms with Crippen LogP contribution in [0.25, 0.3) is 0 Å². The molecule has 0 fully saturated rings. The van der Waals surface area contributed by atoms with Crippen LogP contribution in [0.2, 0.25) is 5.02 Å². The van der Waals surface area contributed by atoms with E-state index in [1.165, 1.54) is 6.54 Å². The van der Waals surface area contributed by atoms with E-state index in [1.807, 2.05) is 12.1 Å². The summed E-state index contributed by atoms with van der Waals surface area (Å²) in [5, 5.41) is 21.0. The Balaban J connectivity index is 2.83. The zero-order valence-electron chi connectivity index (χ0n) is 7.70. The van der Waals surface area contributed by atoms with Gasteiger partial charge in [-0.2, -0.15) is 0 Å². The molecule has 0 aliphatic carbocycles. The molecule has 0 saturated carbocycles. The van der Waals surface area contributed by atoms with Gasteiger partial charge in [-0.1, -0.05) is 17.7 Å². The number of anilines is 1. The second-order valence-electron chi connectivity index (χ2n) is 2.77. The van der Waals surface area contributed by atoms with E-state index >= 15 is 0 Å². The minimum absolute atomic E-state index is 0.0505. The molecule has 3 nitrogen and oxygen atoms in total. The van der Waals surface area contributed by atoms with Gasteiger partial charge in [-0.15, -0.1) is 0 Å². The first-order chi connectivity index (χ1) is 6.79. The van der Waals surface area contributed by atoms with Crippen molar-refractivity contribution in [1.82, 2.24) is 0 Å². The topological polar surface area (TPSA) is 52.5 Å². The number of halogens is 1. The molecular formula is C10H13ClNO2. The summed E-state index contributed by atoms with van der Waals surface area (Å²) in [6, 6.07) is 5.44. The van der Waals surface area contributed by atoms with Gasteiger partial charge in [0.15, 0.2) is 0 Å². The predicted octanol–water partition coefficient (Wildman–Crippen LogP) is 1.44. The van der Waals surface area contributed by atoms with Crippen LogP contribution in [-0.4, -0.2) is 23.4 Å². The minimum atomic E-state index is -0.0505. The highest BCUT2D eigenvalue weighted by Gasteiger charge is 2.05. The van der Waals surface area contributed by atoms with Crippen molar-refractivity contribution in [3.05, 3.63) is 35.3 Å². The third kappa shape index (κ3) is 2.87. The number of rotatable bonds is 5. The van der Waals surface area contributed by atoms with Crippen molar-refractivity contribution in [2.45, 2.75) is 6.42 Å². The van der Waals surface area contributed by atoms with Crippen LogP contribution in [0.5, 0.6) is 0 Å². The fourth-order valence-corrected chi connectivity index (χ4v) is 1.48. The minimum Gasteiger partial charge on any atom is -0.396 e. The Labute approximate surface area is 88.3 Å². The first-order valence-corrected chi connectivity index (χ1v) is 4.74. The van der Waals surface area contributed by atoms with Crippen LogP contribution < -0.4 is 5.32 Å². The fraction of sp³-hybridized carbons (Fsp3) is 0.300. The first kappa shape index (κ1) is 11.3. The summed E-state index contributed by atoms with van der Waals surface area (Å²) in [5.74, 6) is 0. The number of benzene rings is 1. The third-order valence-corrected chi connectivity index (χ3v) is 2.18. The van der Waals surface area contributed by atoms with Gasteiger partial charge in [-0.25, -0.2) is 0 Å². The molecule has 77 valence electrons. The second-order valence-corrected chi connectivity index (χ2v) is 3.18. The Morgan fingerprint density at radius 2 is 2.14 bits per heavy atom. The molecule has 1 rings (SSSR count). The lowest BCUT2D eigenvalue weighted by atomic mass is 10.1. The molecule has 0 atom stereocenters. The van der Waals surface area contributed by atoms with Gasteiger partial charge in [-0.05, 0) is 24.1 Å². The number of hydrogen-bond donors (Lipinski definition) is 3. The van der Waals surface area contributed by atoms with Crippen molar-refractivity contribution in [3.8, 4) is 0 Å². The Kier molecular flexibility index (Phi) is 4.73. The van der Waals surface area contributed by atoms with Gasteiger partial charge in [-0.3, -0.25) is 0 Å². The molecule has 0 heterocycles. The molecule has 0 aliphatic heterocycles. The van der Waals surface area contributed by atoms with Gasteiger partial charge >= 0.3 is 0 Å². The van der Waals surface area contributed by atoms with Crippen LogP contribution >= 0.6 is 11.6 Å². The van der Waals surface area contributed by atoms with Crippen LogP contribution in [-0.2, 0) is 6.42 Å². The fourth-order valence-electron chi connectivity index (χ4n) is 1.22. The van der Waals surface area contributed by atoms with Crippen LogP contribution in [0.1, 0.15) is 5.56 Å². The standard InChI is InChI=1S/C10H13ClNO2/c11-9-2-1-3-10(12-5-7-14)8(9)4-6-13/h1-3,5,12-14H,4,6-7H2. The third-order valence-electron chi connectivity index (χ3n) is 1.83. The van der Waals surface area contributed by atoms with Crippen molar-refractivity contribution in [1.29, 1.82) is 0 Å². The summed E-state index contributed by atoms with van der Waals surface area (Å²) in [7, 11) is 0. The lowest BCUT2D eigenvalue weighted by Crippen LogP contribution is -2.03. The predicted molar refractivity (Wildman–Crippen MR) is 57.3 cm³/mol. The van der Waals surface area contributed by atoms with Crippen molar-refractivity contribution in [2.75, 3.05) is 18.5 Å². The van der Waals surface area contributed by atoms with E-state index in [9.17, 15) is 0 Å². The van der Waals surface area contributed by atoms with Crippen molar-refractivity contribution >= 4 is 17.3 Å². The number of aliphatic hydroxyl groups excluding tert-OH is 2. The van der Waals surface area contributed by atoms with Gasteiger partial charge in [0.1, 0.15) is 0 Å². The zero-order valence-corrected chi connectivity index (χ0v) is 8.46. The number of nitrogens with one attached hydrogen (secondary N) is 1. The maximum absolute atomic E-state index is 8.85. The lowest BCUT2D eigenvalue weighted by Gasteiger charge is -2.11. The van der Waals surface area contributed by atoms with Gasteiger partial charge in [0.05, 0.1) is 13.2 Å². The highest BCUT2D eigenvalue weighted by molar-refractivity contribution is 6.31. The smallest absolute Gasteiger partial charge is 0.0716 e. The largest absolute Gasteiger partial charge is 0.396 e. The maximum Gasteiger partial charge on any atom is 0.0716 e. The van der Waals surface area contributed by atoms with E-state index in [4.69, 9.17) is 21.8 Å². The van der Waals surface area contributed by atoms with Crippen molar-refractivity contribution < 1.29 is 10.2 Å². The van der Waals surface area contributed by atoms with E-state index in [0.29, 0.717) is 11.4 Å². The molecular weight excluding hydrogens is 202 g/mol. The molecule has 4 heteroatoms. The Hall–Kier alpha value is -0.770. The van der Waals surface area contributed by atoms with Crippen LogP contribution in [0, 0.1) is 6.54 Å². The Morgan fingerprint density at radius 3 is 2.79 bits per heavy atom. The summed E-state index contributed by atoms with van der Waals surface area (Å²) in [6.07, 6.45) is 0.501. The molecule has 0 spiro atoms. The highest BCUT2D eigenvalue weighted by Crippen LogP contribution is 2.24. The molecule has 0 saturated heterocycles. The lowest BCUT2D eigenvalue weighted by molar-refractivity contribution is 0.300. The molecule has 0 aliphatic rings. The monoisotopic (exact) mass is 214 g/mol. The quantitative estimate of drug-likeness (QED) is 0.695. The van der Waals surface area contributed by atoms with Crippen LogP contribution in [0.4, 0.5) is 5.69 Å². The molecule has 0 unspecified atom stereocenters. The summed E-state index contributed by atoms with van der Waals surface area (Å²) < 4.78 is 0. The average molecular weight is 215 g/mol. The van der Waals surface area contributed by atoms with Crippen LogP contribution in [0.3, 0.4) is 0 Å². The SMILES string of the molecule is OC[CH]Nc1cccc(Cl)c1CCO. The molecule has 14 heavy (non-hydrogen) atoms. The Morgan fingerprint density at radius 1 is 1.36 bits per heavy atom. The molecule has 1 radical (unpaired) electrons. The highest BCUT2D eigenvalue weighted by atomic mass is 35.5. The van der Waals surface area contributed by atoms with Gasteiger partial charge < -0.3 is 15.5 Å². The summed E-state index contributed by atoms with van der Waals surface area (Å²) in [5.41, 5.74) is 1.68. The van der Waals surface area contributed by atoms with E-state index in [0.717, 1.165) is 11.3 Å². The molecule has 0 amide bonds. The normalized spacial score (nSPS) is 10.2. The van der Waals surface area contributed by atoms with Crippen molar-refractivity contribution in [2.24, 2.45) is 0 Å². The number of aliphatic hydroxyl groups is 2. The summed E-state index contributed by atoms with van der Waals surface area (Å²) in [6.45, 7) is 1.52. The molecule has 1 aromatic rings. The van der Waals surface area contributed by atoms with E-state index in [-0.39, 0.29) is 13.2 Å².